The van der Waals surface area contributed by atoms with Gasteiger partial charge in [0.05, 0.1) is 0 Å². The van der Waals surface area contributed by atoms with Crippen molar-refractivity contribution in [2.45, 2.75) is 52.1 Å². The van der Waals surface area contributed by atoms with Gasteiger partial charge in [0, 0.05) is 49.8 Å². The largest absolute Gasteiger partial charge is 0.349 e. The summed E-state index contributed by atoms with van der Waals surface area (Å²) in [5.74, 6) is 0.0171. The van der Waals surface area contributed by atoms with Gasteiger partial charge < -0.3 is 9.88 Å². The number of hydrogen-bond donors (Lipinski definition) is 1. The van der Waals surface area contributed by atoms with Crippen LogP contribution in [0.1, 0.15) is 50.0 Å². The maximum absolute atomic E-state index is 12.7. The number of rotatable bonds is 7. The number of nitrogens with zero attached hydrogens (tertiary/aromatic N) is 3. The van der Waals surface area contributed by atoms with Gasteiger partial charge in [-0.15, -0.1) is 0 Å². The van der Waals surface area contributed by atoms with E-state index in [1.165, 1.54) is 19.3 Å². The Morgan fingerprint density at radius 2 is 2.04 bits per heavy atom. The van der Waals surface area contributed by atoms with Crippen molar-refractivity contribution in [1.82, 2.24) is 19.8 Å². The van der Waals surface area contributed by atoms with E-state index < -0.39 is 0 Å². The van der Waals surface area contributed by atoms with E-state index in [1.54, 1.807) is 12.4 Å². The maximum Gasteiger partial charge on any atom is 0.267 e. The third kappa shape index (κ3) is 4.52. The SMILES string of the molecule is CCCn1cc(-c2ccncc2)cc1C(=O)NCCN1CCCCC1C. The first-order valence-corrected chi connectivity index (χ1v) is 9.82. The van der Waals surface area contributed by atoms with E-state index in [2.05, 4.69) is 39.8 Å². The molecule has 0 aromatic carbocycles. The second-order valence-corrected chi connectivity index (χ2v) is 7.18. The summed E-state index contributed by atoms with van der Waals surface area (Å²) in [6, 6.07) is 6.57. The molecule has 1 amide bonds. The van der Waals surface area contributed by atoms with Crippen LogP contribution in [0.5, 0.6) is 0 Å². The van der Waals surface area contributed by atoms with Gasteiger partial charge in [0.1, 0.15) is 5.69 Å². The molecule has 1 N–H and O–H groups in total. The molecule has 1 fully saturated rings. The lowest BCUT2D eigenvalue weighted by Gasteiger charge is -2.33. The predicted octanol–water partition coefficient (Wildman–Crippen LogP) is 3.56. The predicted molar refractivity (Wildman–Crippen MR) is 105 cm³/mol. The second kappa shape index (κ2) is 8.99. The fourth-order valence-electron chi connectivity index (χ4n) is 3.72. The molecule has 3 heterocycles. The Morgan fingerprint density at radius 1 is 1.23 bits per heavy atom. The Kier molecular flexibility index (Phi) is 6.45. The molecule has 1 unspecified atom stereocenters. The zero-order valence-corrected chi connectivity index (χ0v) is 15.9. The fraction of sp³-hybridized carbons (Fsp3) is 0.524. The van der Waals surface area contributed by atoms with Gasteiger partial charge in [0.2, 0.25) is 0 Å². The lowest BCUT2D eigenvalue weighted by molar-refractivity contribution is 0.0929. The van der Waals surface area contributed by atoms with Crippen LogP contribution in [0, 0.1) is 0 Å². The quantitative estimate of drug-likeness (QED) is 0.827. The van der Waals surface area contributed by atoms with Crippen LogP contribution >= 0.6 is 0 Å². The summed E-state index contributed by atoms with van der Waals surface area (Å²) < 4.78 is 2.06. The van der Waals surface area contributed by atoms with Crippen LogP contribution in [0.15, 0.2) is 36.8 Å². The van der Waals surface area contributed by atoms with Gasteiger partial charge in [-0.2, -0.15) is 0 Å². The van der Waals surface area contributed by atoms with Gasteiger partial charge in [-0.25, -0.2) is 0 Å². The van der Waals surface area contributed by atoms with Crippen molar-refractivity contribution in [3.63, 3.8) is 0 Å². The summed E-state index contributed by atoms with van der Waals surface area (Å²) in [5.41, 5.74) is 2.90. The average molecular weight is 354 g/mol. The zero-order chi connectivity index (χ0) is 18.4. The van der Waals surface area contributed by atoms with Gasteiger partial charge in [-0.05, 0) is 56.5 Å². The Labute approximate surface area is 156 Å². The molecule has 2 aromatic rings. The fourth-order valence-corrected chi connectivity index (χ4v) is 3.72. The minimum Gasteiger partial charge on any atom is -0.349 e. The molecule has 5 nitrogen and oxygen atoms in total. The lowest BCUT2D eigenvalue weighted by atomic mass is 10.0. The number of aromatic nitrogens is 2. The van der Waals surface area contributed by atoms with E-state index in [0.29, 0.717) is 12.6 Å². The molecule has 0 radical (unpaired) electrons. The molecule has 0 bridgehead atoms. The molecular formula is C21H30N4O. The number of carbonyl (C=O) groups excluding carboxylic acids is 1. The Bertz CT molecular complexity index is 710. The lowest BCUT2D eigenvalue weighted by Crippen LogP contribution is -2.42. The van der Waals surface area contributed by atoms with Gasteiger partial charge >= 0.3 is 0 Å². The normalized spacial score (nSPS) is 18.0. The molecule has 0 saturated carbocycles. The first-order chi connectivity index (χ1) is 12.7. The Morgan fingerprint density at radius 3 is 2.77 bits per heavy atom. The van der Waals surface area contributed by atoms with Crippen molar-refractivity contribution in [2.24, 2.45) is 0 Å². The molecule has 5 heteroatoms. The van der Waals surface area contributed by atoms with Gasteiger partial charge in [0.15, 0.2) is 0 Å². The average Bonchev–Trinajstić information content (AvgIpc) is 3.08. The Hall–Kier alpha value is -2.14. The summed E-state index contributed by atoms with van der Waals surface area (Å²) in [5, 5.41) is 3.12. The highest BCUT2D eigenvalue weighted by atomic mass is 16.1. The standard InChI is InChI=1S/C21H30N4O/c1-3-12-25-16-19(18-7-9-22-10-8-18)15-20(25)21(26)23-11-14-24-13-5-4-6-17(24)2/h7-10,15-17H,3-6,11-14H2,1-2H3,(H,23,26). The number of amides is 1. The van der Waals surface area contributed by atoms with Crippen LogP contribution in [0.2, 0.25) is 0 Å². The van der Waals surface area contributed by atoms with Gasteiger partial charge in [0.25, 0.3) is 5.91 Å². The van der Waals surface area contributed by atoms with E-state index in [4.69, 9.17) is 0 Å². The molecule has 1 atom stereocenters. The van der Waals surface area contributed by atoms with Gasteiger partial charge in [-0.3, -0.25) is 14.7 Å². The molecule has 1 aliphatic rings. The van der Waals surface area contributed by atoms with E-state index in [0.717, 1.165) is 42.9 Å². The van der Waals surface area contributed by atoms with Crippen molar-refractivity contribution < 1.29 is 4.79 Å². The molecule has 26 heavy (non-hydrogen) atoms. The highest BCUT2D eigenvalue weighted by Gasteiger charge is 2.19. The van der Waals surface area contributed by atoms with E-state index in [1.807, 2.05) is 18.2 Å². The molecule has 0 aliphatic carbocycles. The molecule has 140 valence electrons. The number of hydrogen-bond acceptors (Lipinski definition) is 3. The van der Waals surface area contributed by atoms with E-state index in [9.17, 15) is 4.79 Å². The summed E-state index contributed by atoms with van der Waals surface area (Å²) >= 11 is 0. The topological polar surface area (TPSA) is 50.2 Å². The highest BCUT2D eigenvalue weighted by Crippen LogP contribution is 2.22. The molecule has 1 aliphatic heterocycles. The van der Waals surface area contributed by atoms with Crippen molar-refractivity contribution in [3.8, 4) is 11.1 Å². The van der Waals surface area contributed by atoms with E-state index in [-0.39, 0.29) is 5.91 Å². The summed E-state index contributed by atoms with van der Waals surface area (Å²) in [7, 11) is 0. The number of pyridine rings is 1. The van der Waals surface area contributed by atoms with Crippen LogP contribution in [0.25, 0.3) is 11.1 Å². The van der Waals surface area contributed by atoms with Crippen molar-refractivity contribution in [3.05, 3.63) is 42.5 Å². The number of likely N-dealkylation sites (tertiary alicyclic amines) is 1. The zero-order valence-electron chi connectivity index (χ0n) is 15.9. The minimum atomic E-state index is 0.0171. The molecule has 0 spiro atoms. The van der Waals surface area contributed by atoms with Crippen molar-refractivity contribution in [1.29, 1.82) is 0 Å². The summed E-state index contributed by atoms with van der Waals surface area (Å²) in [6.45, 7) is 8.04. The third-order valence-electron chi connectivity index (χ3n) is 5.23. The van der Waals surface area contributed by atoms with Crippen molar-refractivity contribution in [2.75, 3.05) is 19.6 Å². The summed E-state index contributed by atoms with van der Waals surface area (Å²) in [4.78, 5) is 19.3. The van der Waals surface area contributed by atoms with Crippen LogP contribution in [0.3, 0.4) is 0 Å². The number of aryl methyl sites for hydroxylation is 1. The number of piperidine rings is 1. The first kappa shape index (κ1) is 18.6. The van der Waals surface area contributed by atoms with Gasteiger partial charge in [-0.1, -0.05) is 13.3 Å². The monoisotopic (exact) mass is 354 g/mol. The van der Waals surface area contributed by atoms with Crippen LogP contribution in [0.4, 0.5) is 0 Å². The highest BCUT2D eigenvalue weighted by molar-refractivity contribution is 5.94. The molecule has 3 rings (SSSR count). The second-order valence-electron chi connectivity index (χ2n) is 7.18. The molecule has 1 saturated heterocycles. The Balaban J connectivity index is 1.65. The molecular weight excluding hydrogens is 324 g/mol. The van der Waals surface area contributed by atoms with Crippen LogP contribution < -0.4 is 5.32 Å². The number of carbonyl (C=O) groups is 1. The van der Waals surface area contributed by atoms with Crippen LogP contribution in [-0.4, -0.2) is 46.0 Å². The van der Waals surface area contributed by atoms with E-state index >= 15 is 0 Å². The van der Waals surface area contributed by atoms with Crippen molar-refractivity contribution >= 4 is 5.91 Å². The summed E-state index contributed by atoms with van der Waals surface area (Å²) in [6.07, 6.45) is 10.5. The molecule has 2 aromatic heterocycles. The van der Waals surface area contributed by atoms with Crippen LogP contribution in [-0.2, 0) is 6.54 Å². The first-order valence-electron chi connectivity index (χ1n) is 9.82. The third-order valence-corrected chi connectivity index (χ3v) is 5.23. The smallest absolute Gasteiger partial charge is 0.267 e. The minimum absolute atomic E-state index is 0.0171. The maximum atomic E-state index is 12.7. The number of nitrogens with one attached hydrogen (secondary N) is 1.